The Kier molecular flexibility index (Phi) is 5.58. The van der Waals surface area contributed by atoms with E-state index in [1.807, 2.05) is 4.72 Å². The molecular formula is C10H15N5O5S. The Morgan fingerprint density at radius 2 is 2.10 bits per heavy atom. The number of amides is 1. The highest BCUT2D eigenvalue weighted by molar-refractivity contribution is 7.89. The molecular weight excluding hydrogens is 302 g/mol. The molecule has 1 amide bonds. The Hall–Kier alpha value is -2.24. The number of carbonyl (C=O) groups is 1. The Morgan fingerprint density at radius 1 is 1.43 bits per heavy atom. The van der Waals surface area contributed by atoms with E-state index in [0.717, 1.165) is 12.1 Å². The fraction of sp³-hybridized carbons (Fsp3) is 0.300. The number of benzene rings is 1. The number of carbonyl (C=O) groups excluding carboxylic acids is 1. The van der Waals surface area contributed by atoms with Gasteiger partial charge in [-0.25, -0.2) is 13.1 Å². The molecule has 0 saturated carbocycles. The van der Waals surface area contributed by atoms with Crippen molar-refractivity contribution < 1.29 is 18.1 Å². The Labute approximate surface area is 120 Å². The molecule has 0 radical (unpaired) electrons. The average molecular weight is 317 g/mol. The van der Waals surface area contributed by atoms with Crippen LogP contribution in [0.2, 0.25) is 0 Å². The highest BCUT2D eigenvalue weighted by atomic mass is 32.2. The molecule has 0 fully saturated rings. The summed E-state index contributed by atoms with van der Waals surface area (Å²) in [5, 5.41) is 13.3. The molecule has 0 spiro atoms. The fourth-order valence-corrected chi connectivity index (χ4v) is 2.64. The van der Waals surface area contributed by atoms with E-state index in [1.165, 1.54) is 6.07 Å². The van der Waals surface area contributed by atoms with E-state index < -0.39 is 38.0 Å². The maximum absolute atomic E-state index is 12.1. The van der Waals surface area contributed by atoms with Crippen molar-refractivity contribution in [1.29, 1.82) is 0 Å². The monoisotopic (exact) mass is 317 g/mol. The fourth-order valence-electron chi connectivity index (χ4n) is 1.47. The van der Waals surface area contributed by atoms with Gasteiger partial charge in [-0.2, -0.15) is 0 Å². The number of nitro benzene ring substituents is 1. The van der Waals surface area contributed by atoms with Gasteiger partial charge < -0.3 is 10.7 Å². The van der Waals surface area contributed by atoms with Crippen LogP contribution in [0.4, 0.5) is 11.4 Å². The third-order valence-electron chi connectivity index (χ3n) is 2.41. The third kappa shape index (κ3) is 4.37. The number of nitrogens with two attached hydrogens (primary N) is 1. The lowest BCUT2D eigenvalue weighted by molar-refractivity contribution is -0.387. The first-order valence-corrected chi connectivity index (χ1v) is 7.31. The summed E-state index contributed by atoms with van der Waals surface area (Å²) in [5.41, 5.74) is 1.76. The van der Waals surface area contributed by atoms with Gasteiger partial charge in [-0.15, -0.1) is 0 Å². The lowest BCUT2D eigenvalue weighted by Gasteiger charge is -2.09. The summed E-state index contributed by atoms with van der Waals surface area (Å²) in [6, 6.07) is 3.29. The number of nitro groups is 1. The Balaban J connectivity index is 3.11. The van der Waals surface area contributed by atoms with Crippen molar-refractivity contribution in [2.45, 2.75) is 11.8 Å². The van der Waals surface area contributed by atoms with Crippen LogP contribution in [0.5, 0.6) is 0 Å². The summed E-state index contributed by atoms with van der Waals surface area (Å²) in [7, 11) is -4.23. The number of hydrogen-bond donors (Lipinski definition) is 4. The molecule has 1 rings (SSSR count). The summed E-state index contributed by atoms with van der Waals surface area (Å²) in [6.07, 6.45) is 0. The van der Waals surface area contributed by atoms with Crippen molar-refractivity contribution in [3.63, 3.8) is 0 Å². The van der Waals surface area contributed by atoms with E-state index in [2.05, 4.69) is 10.7 Å². The molecule has 1 aromatic carbocycles. The van der Waals surface area contributed by atoms with Gasteiger partial charge in [0, 0.05) is 12.6 Å². The predicted octanol–water partition coefficient (Wildman–Crippen LogP) is -0.705. The van der Waals surface area contributed by atoms with E-state index in [9.17, 15) is 23.3 Å². The first-order valence-electron chi connectivity index (χ1n) is 5.83. The zero-order chi connectivity index (χ0) is 16.0. The van der Waals surface area contributed by atoms with E-state index in [1.54, 1.807) is 6.92 Å². The molecule has 116 valence electrons. The summed E-state index contributed by atoms with van der Waals surface area (Å²) < 4.78 is 26.1. The van der Waals surface area contributed by atoms with Gasteiger partial charge in [-0.05, 0) is 19.1 Å². The van der Waals surface area contributed by atoms with Gasteiger partial charge in [0.2, 0.25) is 15.9 Å². The highest BCUT2D eigenvalue weighted by Crippen LogP contribution is 2.26. The number of rotatable bonds is 7. The number of nitrogen functional groups attached to an aromatic ring is 1. The van der Waals surface area contributed by atoms with Crippen molar-refractivity contribution in [3.8, 4) is 0 Å². The largest absolute Gasteiger partial charge is 0.355 e. The predicted molar refractivity (Wildman–Crippen MR) is 74.8 cm³/mol. The van der Waals surface area contributed by atoms with E-state index >= 15 is 0 Å². The number of sulfonamides is 1. The second kappa shape index (κ2) is 6.97. The minimum absolute atomic E-state index is 0.180. The second-order valence-electron chi connectivity index (χ2n) is 3.86. The molecule has 0 unspecified atom stereocenters. The maximum Gasteiger partial charge on any atom is 0.289 e. The molecule has 0 aliphatic carbocycles. The molecule has 0 aliphatic heterocycles. The van der Waals surface area contributed by atoms with Gasteiger partial charge in [0.05, 0.1) is 17.2 Å². The molecule has 21 heavy (non-hydrogen) atoms. The van der Waals surface area contributed by atoms with Gasteiger partial charge in [0.25, 0.3) is 5.69 Å². The highest BCUT2D eigenvalue weighted by Gasteiger charge is 2.26. The average Bonchev–Trinajstić information content (AvgIpc) is 2.44. The standard InChI is InChI=1S/C10H15N5O5S/c1-2-12-10(16)6-13-21(19,20)9-5-7(14-11)3-4-8(9)15(17)18/h3-5,13-14H,2,6,11H2,1H3,(H,12,16). The van der Waals surface area contributed by atoms with Crippen LogP contribution in [0.15, 0.2) is 23.1 Å². The molecule has 0 aliphatic rings. The Bertz CT molecular complexity index is 645. The smallest absolute Gasteiger partial charge is 0.289 e. The Morgan fingerprint density at radius 3 is 2.62 bits per heavy atom. The maximum atomic E-state index is 12.1. The summed E-state index contributed by atoms with van der Waals surface area (Å²) in [4.78, 5) is 20.7. The zero-order valence-electron chi connectivity index (χ0n) is 11.1. The molecule has 5 N–H and O–H groups in total. The van der Waals surface area contributed by atoms with Gasteiger partial charge in [-0.1, -0.05) is 0 Å². The SMILES string of the molecule is CCNC(=O)CNS(=O)(=O)c1cc(NN)ccc1[N+](=O)[O-]. The molecule has 0 heterocycles. The van der Waals surface area contributed by atoms with Crippen LogP contribution in [-0.4, -0.2) is 32.3 Å². The normalized spacial score (nSPS) is 11.0. The quantitative estimate of drug-likeness (QED) is 0.294. The lowest BCUT2D eigenvalue weighted by Crippen LogP contribution is -2.37. The van der Waals surface area contributed by atoms with Crippen molar-refractivity contribution in [2.75, 3.05) is 18.5 Å². The number of anilines is 1. The van der Waals surface area contributed by atoms with Gasteiger partial charge in [0.15, 0.2) is 4.90 Å². The lowest BCUT2D eigenvalue weighted by atomic mass is 10.3. The number of hydrazine groups is 1. The summed E-state index contributed by atoms with van der Waals surface area (Å²) >= 11 is 0. The zero-order valence-corrected chi connectivity index (χ0v) is 11.9. The van der Waals surface area contributed by atoms with Crippen molar-refractivity contribution in [1.82, 2.24) is 10.0 Å². The summed E-state index contributed by atoms with van der Waals surface area (Å²) in [5.74, 6) is 4.61. The van der Waals surface area contributed by atoms with Crippen LogP contribution < -0.4 is 21.3 Å². The molecule has 10 nitrogen and oxygen atoms in total. The van der Waals surface area contributed by atoms with Crippen molar-refractivity contribution in [2.24, 2.45) is 5.84 Å². The topological polar surface area (TPSA) is 156 Å². The summed E-state index contributed by atoms with van der Waals surface area (Å²) in [6.45, 7) is 1.49. The second-order valence-corrected chi connectivity index (χ2v) is 5.60. The van der Waals surface area contributed by atoms with Gasteiger partial charge in [0.1, 0.15) is 0 Å². The van der Waals surface area contributed by atoms with Crippen LogP contribution in [-0.2, 0) is 14.8 Å². The first kappa shape index (κ1) is 16.8. The van der Waals surface area contributed by atoms with Crippen molar-refractivity contribution in [3.05, 3.63) is 28.3 Å². The molecule has 0 atom stereocenters. The number of nitrogens with one attached hydrogen (secondary N) is 3. The van der Waals surface area contributed by atoms with Crippen LogP contribution in [0.25, 0.3) is 0 Å². The van der Waals surface area contributed by atoms with Crippen LogP contribution >= 0.6 is 0 Å². The van der Waals surface area contributed by atoms with Gasteiger partial charge in [-0.3, -0.25) is 20.8 Å². The van der Waals surface area contributed by atoms with E-state index in [-0.39, 0.29) is 5.69 Å². The molecule has 0 bridgehead atoms. The molecule has 0 saturated heterocycles. The van der Waals surface area contributed by atoms with Gasteiger partial charge >= 0.3 is 0 Å². The third-order valence-corrected chi connectivity index (χ3v) is 3.84. The van der Waals surface area contributed by atoms with Crippen LogP contribution in [0, 0.1) is 10.1 Å². The number of likely N-dealkylation sites (N-methyl/N-ethyl adjacent to an activating group) is 1. The number of hydrogen-bond acceptors (Lipinski definition) is 7. The van der Waals surface area contributed by atoms with E-state index in [4.69, 9.17) is 5.84 Å². The number of nitrogens with zero attached hydrogens (tertiary/aromatic N) is 1. The minimum atomic E-state index is -4.23. The van der Waals surface area contributed by atoms with Crippen LogP contribution in [0.1, 0.15) is 6.92 Å². The molecule has 1 aromatic rings. The first-order chi connectivity index (χ1) is 9.81. The van der Waals surface area contributed by atoms with Crippen LogP contribution in [0.3, 0.4) is 0 Å². The van der Waals surface area contributed by atoms with Crippen molar-refractivity contribution >= 4 is 27.3 Å². The molecule has 0 aromatic heterocycles. The molecule has 11 heteroatoms. The minimum Gasteiger partial charge on any atom is -0.355 e. The van der Waals surface area contributed by atoms with E-state index in [0.29, 0.717) is 6.54 Å².